The Morgan fingerprint density at radius 2 is 1.89 bits per heavy atom. The Bertz CT molecular complexity index is 1340. The number of nitrogens with one attached hydrogen (secondary N) is 1. The van der Waals surface area contributed by atoms with Gasteiger partial charge in [0.1, 0.15) is 5.82 Å². The molecule has 2 aromatic heterocycles. The van der Waals surface area contributed by atoms with E-state index in [1.807, 2.05) is 28.8 Å². The molecule has 2 amide bonds. The molecule has 0 bridgehead atoms. The normalized spacial score (nSPS) is 19.0. The zero-order valence-electron chi connectivity index (χ0n) is 19.3. The molecule has 11 heteroatoms. The number of pyridine rings is 1. The van der Waals surface area contributed by atoms with Crippen molar-refractivity contribution in [2.24, 2.45) is 0 Å². The summed E-state index contributed by atoms with van der Waals surface area (Å²) in [6.45, 7) is 1.85. The van der Waals surface area contributed by atoms with Gasteiger partial charge in [-0.2, -0.15) is 0 Å². The summed E-state index contributed by atoms with van der Waals surface area (Å²) in [5.41, 5.74) is 1.47. The third kappa shape index (κ3) is 4.92. The number of anilines is 1. The molecule has 10 nitrogen and oxygen atoms in total. The number of piperidine rings is 1. The predicted molar refractivity (Wildman–Crippen MR) is 129 cm³/mol. The lowest BCUT2D eigenvalue weighted by Gasteiger charge is -2.32. The largest absolute Gasteiger partial charge is 0.342 e. The number of rotatable bonds is 7. The van der Waals surface area contributed by atoms with Gasteiger partial charge in [-0.1, -0.05) is 6.07 Å². The molecule has 2 aliphatic rings. The van der Waals surface area contributed by atoms with Crippen LogP contribution >= 0.6 is 0 Å². The highest BCUT2D eigenvalue weighted by atomic mass is 32.2. The average Bonchev–Trinajstić information content (AvgIpc) is 3.50. The van der Waals surface area contributed by atoms with Gasteiger partial charge in [0.15, 0.2) is 5.65 Å². The van der Waals surface area contributed by atoms with Gasteiger partial charge in [0.05, 0.1) is 4.90 Å². The molecule has 1 aromatic carbocycles. The standard InChI is InChI=1S/C24H28N6O4S/c31-22(28-14-3-5-18(17-28)24-27-26-21-6-1-2-15-30(21)24)12-13-25-35(33,34)20-10-8-19(9-11-20)29-16-4-7-23(29)32/h1-2,6,8-11,15,18,25H,3-5,7,12-14,16-17H2. The molecule has 3 aromatic rings. The van der Waals surface area contributed by atoms with Gasteiger partial charge in [0.2, 0.25) is 21.8 Å². The molecule has 4 heterocycles. The van der Waals surface area contributed by atoms with E-state index in [9.17, 15) is 18.0 Å². The third-order valence-electron chi connectivity index (χ3n) is 6.64. The van der Waals surface area contributed by atoms with Crippen LogP contribution in [0, 0.1) is 0 Å². The molecule has 0 spiro atoms. The van der Waals surface area contributed by atoms with Gasteiger partial charge in [-0.05, 0) is 55.7 Å². The molecule has 2 fully saturated rings. The van der Waals surface area contributed by atoms with E-state index in [2.05, 4.69) is 14.9 Å². The lowest BCUT2D eigenvalue weighted by molar-refractivity contribution is -0.132. The molecule has 5 rings (SSSR count). The molecule has 184 valence electrons. The van der Waals surface area contributed by atoms with Gasteiger partial charge in [0, 0.05) is 56.8 Å². The maximum Gasteiger partial charge on any atom is 0.240 e. The van der Waals surface area contributed by atoms with Crippen molar-refractivity contribution in [1.82, 2.24) is 24.2 Å². The molecule has 0 saturated carbocycles. The first-order valence-corrected chi connectivity index (χ1v) is 13.4. The number of sulfonamides is 1. The monoisotopic (exact) mass is 496 g/mol. The maximum atomic E-state index is 12.8. The minimum Gasteiger partial charge on any atom is -0.342 e. The van der Waals surface area contributed by atoms with Gasteiger partial charge >= 0.3 is 0 Å². The number of carbonyl (C=O) groups excluding carboxylic acids is 2. The summed E-state index contributed by atoms with van der Waals surface area (Å²) < 4.78 is 29.8. The van der Waals surface area contributed by atoms with Crippen LogP contribution < -0.4 is 9.62 Å². The fraction of sp³-hybridized carbons (Fsp3) is 0.417. The quantitative estimate of drug-likeness (QED) is 0.534. The second-order valence-corrected chi connectivity index (χ2v) is 10.7. The fourth-order valence-electron chi connectivity index (χ4n) is 4.81. The summed E-state index contributed by atoms with van der Waals surface area (Å²) in [6.07, 6.45) is 5.11. The summed E-state index contributed by atoms with van der Waals surface area (Å²) in [6, 6.07) is 12.0. The Labute approximate surface area is 204 Å². The Morgan fingerprint density at radius 3 is 2.66 bits per heavy atom. The molecule has 0 radical (unpaired) electrons. The number of hydrogen-bond donors (Lipinski definition) is 1. The molecular formula is C24H28N6O4S. The van der Waals surface area contributed by atoms with E-state index in [4.69, 9.17) is 0 Å². The van der Waals surface area contributed by atoms with Crippen molar-refractivity contribution in [3.05, 3.63) is 54.5 Å². The average molecular weight is 497 g/mol. The highest BCUT2D eigenvalue weighted by Crippen LogP contribution is 2.26. The summed E-state index contributed by atoms with van der Waals surface area (Å²) >= 11 is 0. The van der Waals surface area contributed by atoms with E-state index in [0.29, 0.717) is 31.7 Å². The Kier molecular flexibility index (Phi) is 6.52. The predicted octanol–water partition coefficient (Wildman–Crippen LogP) is 1.93. The summed E-state index contributed by atoms with van der Waals surface area (Å²) in [5, 5.41) is 8.55. The van der Waals surface area contributed by atoms with Crippen LogP contribution in [-0.4, -0.2) is 65.9 Å². The van der Waals surface area contributed by atoms with Crippen molar-refractivity contribution in [2.75, 3.05) is 31.1 Å². The molecule has 1 atom stereocenters. The van der Waals surface area contributed by atoms with Crippen molar-refractivity contribution in [3.63, 3.8) is 0 Å². The SMILES string of the molecule is O=C(CCNS(=O)(=O)c1ccc(N2CCCC2=O)cc1)N1CCCC(c2nnc3ccccn23)C1. The van der Waals surface area contributed by atoms with Crippen molar-refractivity contribution >= 4 is 33.2 Å². The summed E-state index contributed by atoms with van der Waals surface area (Å²) in [5.74, 6) is 0.893. The molecule has 2 saturated heterocycles. The molecule has 35 heavy (non-hydrogen) atoms. The lowest BCUT2D eigenvalue weighted by Crippen LogP contribution is -2.41. The zero-order valence-corrected chi connectivity index (χ0v) is 20.2. The highest BCUT2D eigenvalue weighted by Gasteiger charge is 2.28. The minimum absolute atomic E-state index is 0.0164. The number of hydrogen-bond acceptors (Lipinski definition) is 6. The van der Waals surface area contributed by atoms with Crippen LogP contribution in [0.3, 0.4) is 0 Å². The van der Waals surface area contributed by atoms with Crippen LogP contribution in [0.25, 0.3) is 5.65 Å². The second kappa shape index (κ2) is 9.74. The van der Waals surface area contributed by atoms with Gasteiger partial charge in [-0.25, -0.2) is 13.1 Å². The van der Waals surface area contributed by atoms with Crippen LogP contribution in [0.15, 0.2) is 53.6 Å². The van der Waals surface area contributed by atoms with E-state index in [0.717, 1.165) is 30.7 Å². The second-order valence-electron chi connectivity index (χ2n) is 8.96. The number of carbonyl (C=O) groups is 2. The van der Waals surface area contributed by atoms with Crippen LogP contribution in [0.4, 0.5) is 5.69 Å². The number of nitrogens with zero attached hydrogens (tertiary/aromatic N) is 5. The van der Waals surface area contributed by atoms with Crippen LogP contribution in [0.2, 0.25) is 0 Å². The Balaban J connectivity index is 1.16. The van der Waals surface area contributed by atoms with E-state index in [-0.39, 0.29) is 35.6 Å². The first-order valence-electron chi connectivity index (χ1n) is 11.9. The first kappa shape index (κ1) is 23.4. The Morgan fingerprint density at radius 1 is 1.06 bits per heavy atom. The maximum absolute atomic E-state index is 12.8. The first-order chi connectivity index (χ1) is 16.9. The Hall–Kier alpha value is -3.31. The molecule has 1 unspecified atom stereocenters. The fourth-order valence-corrected chi connectivity index (χ4v) is 5.84. The molecule has 0 aliphatic carbocycles. The molecule has 2 aliphatic heterocycles. The zero-order chi connectivity index (χ0) is 24.4. The van der Waals surface area contributed by atoms with E-state index >= 15 is 0 Å². The topological polar surface area (TPSA) is 117 Å². The van der Waals surface area contributed by atoms with E-state index in [1.165, 1.54) is 12.1 Å². The number of benzene rings is 1. The number of amides is 2. The smallest absolute Gasteiger partial charge is 0.240 e. The van der Waals surface area contributed by atoms with Crippen LogP contribution in [0.5, 0.6) is 0 Å². The molecule has 1 N–H and O–H groups in total. The third-order valence-corrected chi connectivity index (χ3v) is 8.12. The van der Waals surface area contributed by atoms with Crippen molar-refractivity contribution in [1.29, 1.82) is 0 Å². The minimum atomic E-state index is -3.76. The van der Waals surface area contributed by atoms with Gasteiger partial charge < -0.3 is 9.80 Å². The van der Waals surface area contributed by atoms with E-state index < -0.39 is 10.0 Å². The van der Waals surface area contributed by atoms with Crippen molar-refractivity contribution in [2.45, 2.75) is 42.9 Å². The van der Waals surface area contributed by atoms with Crippen LogP contribution in [-0.2, 0) is 19.6 Å². The van der Waals surface area contributed by atoms with Crippen molar-refractivity contribution in [3.8, 4) is 0 Å². The lowest BCUT2D eigenvalue weighted by atomic mass is 9.97. The molecular weight excluding hydrogens is 468 g/mol. The number of likely N-dealkylation sites (tertiary alicyclic amines) is 1. The van der Waals surface area contributed by atoms with Gasteiger partial charge in [-0.3, -0.25) is 14.0 Å². The van der Waals surface area contributed by atoms with E-state index in [1.54, 1.807) is 21.9 Å². The highest BCUT2D eigenvalue weighted by molar-refractivity contribution is 7.89. The van der Waals surface area contributed by atoms with Gasteiger partial charge in [0.25, 0.3) is 0 Å². The number of fused-ring (bicyclic) bond motifs is 1. The number of aromatic nitrogens is 3. The van der Waals surface area contributed by atoms with Crippen molar-refractivity contribution < 1.29 is 18.0 Å². The van der Waals surface area contributed by atoms with Crippen LogP contribution in [0.1, 0.15) is 43.8 Å². The summed E-state index contributed by atoms with van der Waals surface area (Å²) in [7, 11) is -3.76. The van der Waals surface area contributed by atoms with Gasteiger partial charge in [-0.15, -0.1) is 10.2 Å². The summed E-state index contributed by atoms with van der Waals surface area (Å²) in [4.78, 5) is 28.3.